The molecule has 0 spiro atoms. The second-order valence-electron chi connectivity index (χ2n) is 4.94. The van der Waals surface area contributed by atoms with E-state index in [1.54, 1.807) is 19.1 Å². The summed E-state index contributed by atoms with van der Waals surface area (Å²) in [6, 6.07) is 12.6. The lowest BCUT2D eigenvalue weighted by Crippen LogP contribution is -2.45. The second kappa shape index (κ2) is 7.85. The molecule has 4 N–H and O–H groups in total. The molecule has 7 heteroatoms. The number of para-hydroxylation sites is 1. The molecule has 2 aromatic rings. The van der Waals surface area contributed by atoms with Gasteiger partial charge in [-0.2, -0.15) is 0 Å². The van der Waals surface area contributed by atoms with Crippen LogP contribution in [0.3, 0.4) is 0 Å². The molecule has 0 aliphatic rings. The maximum absolute atomic E-state index is 13.5. The number of rotatable bonds is 2. The van der Waals surface area contributed by atoms with Gasteiger partial charge < -0.3 is 10.6 Å². The normalized spacial score (nSPS) is 9.87. The third-order valence-corrected chi connectivity index (χ3v) is 3.52. The van der Waals surface area contributed by atoms with Gasteiger partial charge in [0.05, 0.1) is 0 Å². The van der Waals surface area contributed by atoms with E-state index in [0.717, 1.165) is 11.3 Å². The van der Waals surface area contributed by atoms with Crippen LogP contribution in [0.1, 0.15) is 11.1 Å². The number of benzene rings is 2. The van der Waals surface area contributed by atoms with Gasteiger partial charge in [0.15, 0.2) is 10.2 Å². The van der Waals surface area contributed by atoms with E-state index in [-0.39, 0.29) is 10.9 Å². The molecule has 0 heterocycles. The van der Waals surface area contributed by atoms with Crippen molar-refractivity contribution in [2.24, 2.45) is 0 Å². The monoisotopic (exact) mass is 348 g/mol. The molecule has 0 unspecified atom stereocenters. The van der Waals surface area contributed by atoms with Crippen molar-refractivity contribution in [2.75, 3.05) is 10.6 Å². The molecule has 2 rings (SSSR count). The number of hydrazine groups is 1. The van der Waals surface area contributed by atoms with Gasteiger partial charge in [-0.1, -0.05) is 24.3 Å². The van der Waals surface area contributed by atoms with Crippen LogP contribution in [-0.2, 0) is 0 Å². The van der Waals surface area contributed by atoms with Crippen LogP contribution in [0.25, 0.3) is 0 Å². The third kappa shape index (κ3) is 5.15. The molecular formula is C16H17FN4S2. The van der Waals surface area contributed by atoms with Crippen molar-refractivity contribution in [1.82, 2.24) is 10.9 Å². The lowest BCUT2D eigenvalue weighted by atomic mass is 10.2. The minimum atomic E-state index is -0.289. The second-order valence-corrected chi connectivity index (χ2v) is 5.75. The largest absolute Gasteiger partial charge is 0.331 e. The highest BCUT2D eigenvalue weighted by Gasteiger charge is 2.03. The fourth-order valence-electron chi connectivity index (χ4n) is 1.81. The fourth-order valence-corrected chi connectivity index (χ4v) is 2.14. The molecule has 0 aliphatic carbocycles. The predicted octanol–water partition coefficient (Wildman–Crippen LogP) is 3.63. The summed E-state index contributed by atoms with van der Waals surface area (Å²) < 4.78 is 13.5. The van der Waals surface area contributed by atoms with E-state index in [1.165, 1.54) is 6.07 Å². The lowest BCUT2D eigenvalue weighted by molar-refractivity contribution is 0.619. The Morgan fingerprint density at radius 3 is 2.17 bits per heavy atom. The minimum Gasteiger partial charge on any atom is -0.331 e. The van der Waals surface area contributed by atoms with Crippen molar-refractivity contribution in [3.8, 4) is 0 Å². The van der Waals surface area contributed by atoms with Crippen LogP contribution in [0.2, 0.25) is 0 Å². The molecule has 0 amide bonds. The highest BCUT2D eigenvalue weighted by atomic mass is 32.1. The van der Waals surface area contributed by atoms with Crippen molar-refractivity contribution in [3.05, 3.63) is 59.4 Å². The Hall–Kier alpha value is -2.25. The summed E-state index contributed by atoms with van der Waals surface area (Å²) >= 11 is 10.3. The standard InChI is InChI=1S/C16H17FN4S2/c1-10-7-8-12(9-13(10)17)18-15(22)20-21-16(23)19-14-6-4-3-5-11(14)2/h3-9H,1-2H3,(H2,18,20,22)(H2,19,21,23). The number of anilines is 2. The zero-order valence-electron chi connectivity index (χ0n) is 12.7. The van der Waals surface area contributed by atoms with Crippen molar-refractivity contribution in [1.29, 1.82) is 0 Å². The number of hydrogen-bond acceptors (Lipinski definition) is 2. The Bertz CT molecular complexity index is 734. The van der Waals surface area contributed by atoms with Crippen LogP contribution in [0.5, 0.6) is 0 Å². The first-order valence-electron chi connectivity index (χ1n) is 6.91. The third-order valence-electron chi connectivity index (χ3n) is 3.11. The Balaban J connectivity index is 1.83. The first kappa shape index (κ1) is 17.1. The van der Waals surface area contributed by atoms with Gasteiger partial charge in [-0.3, -0.25) is 10.9 Å². The zero-order valence-corrected chi connectivity index (χ0v) is 14.4. The number of halogens is 1. The average molecular weight is 348 g/mol. The van der Waals surface area contributed by atoms with Crippen molar-refractivity contribution < 1.29 is 4.39 Å². The molecule has 0 bridgehead atoms. The zero-order chi connectivity index (χ0) is 16.8. The minimum absolute atomic E-state index is 0.280. The van der Waals surface area contributed by atoms with Gasteiger partial charge in [0, 0.05) is 11.4 Å². The Morgan fingerprint density at radius 2 is 1.52 bits per heavy atom. The van der Waals surface area contributed by atoms with E-state index in [2.05, 4.69) is 21.5 Å². The van der Waals surface area contributed by atoms with Gasteiger partial charge >= 0.3 is 0 Å². The van der Waals surface area contributed by atoms with Gasteiger partial charge in [0.1, 0.15) is 5.82 Å². The van der Waals surface area contributed by atoms with Crippen molar-refractivity contribution in [2.45, 2.75) is 13.8 Å². The number of hydrogen-bond donors (Lipinski definition) is 4. The summed E-state index contributed by atoms with van der Waals surface area (Å²) in [6.45, 7) is 3.68. The van der Waals surface area contributed by atoms with Crippen molar-refractivity contribution >= 4 is 46.0 Å². The molecule has 0 radical (unpaired) electrons. The summed E-state index contributed by atoms with van der Waals surface area (Å²) in [5.41, 5.74) is 8.65. The highest BCUT2D eigenvalue weighted by Crippen LogP contribution is 2.14. The van der Waals surface area contributed by atoms with Crippen LogP contribution < -0.4 is 21.5 Å². The maximum Gasteiger partial charge on any atom is 0.189 e. The van der Waals surface area contributed by atoms with Gasteiger partial charge in [-0.05, 0) is 67.6 Å². The smallest absolute Gasteiger partial charge is 0.189 e. The predicted molar refractivity (Wildman–Crippen MR) is 101 cm³/mol. The van der Waals surface area contributed by atoms with Gasteiger partial charge in [-0.25, -0.2) is 4.39 Å². The topological polar surface area (TPSA) is 48.1 Å². The maximum atomic E-state index is 13.5. The molecule has 0 aliphatic heterocycles. The van der Waals surface area contributed by atoms with E-state index >= 15 is 0 Å². The molecule has 4 nitrogen and oxygen atoms in total. The number of aryl methyl sites for hydroxylation is 2. The van der Waals surface area contributed by atoms with Crippen LogP contribution in [0.4, 0.5) is 15.8 Å². The average Bonchev–Trinajstić information content (AvgIpc) is 2.51. The highest BCUT2D eigenvalue weighted by molar-refractivity contribution is 7.81. The molecule has 2 aromatic carbocycles. The van der Waals surface area contributed by atoms with Crippen LogP contribution in [0, 0.1) is 19.7 Å². The molecule has 23 heavy (non-hydrogen) atoms. The Labute approximate surface area is 145 Å². The van der Waals surface area contributed by atoms with Crippen LogP contribution in [0.15, 0.2) is 42.5 Å². The molecule has 0 atom stereocenters. The van der Waals surface area contributed by atoms with Crippen LogP contribution >= 0.6 is 24.4 Å². The first-order chi connectivity index (χ1) is 11.0. The molecule has 0 aromatic heterocycles. The summed E-state index contributed by atoms with van der Waals surface area (Å²) in [6.07, 6.45) is 0. The van der Waals surface area contributed by atoms with E-state index in [0.29, 0.717) is 16.4 Å². The van der Waals surface area contributed by atoms with Gasteiger partial charge in [-0.15, -0.1) is 0 Å². The van der Waals surface area contributed by atoms with Crippen LogP contribution in [-0.4, -0.2) is 10.2 Å². The lowest BCUT2D eigenvalue weighted by Gasteiger charge is -2.15. The summed E-state index contributed by atoms with van der Waals surface area (Å²) in [5.74, 6) is -0.289. The molecule has 0 saturated carbocycles. The van der Waals surface area contributed by atoms with E-state index in [4.69, 9.17) is 24.4 Å². The number of thiocarbonyl (C=S) groups is 2. The first-order valence-corrected chi connectivity index (χ1v) is 7.73. The SMILES string of the molecule is Cc1ccc(NC(=S)NNC(=S)Nc2ccccc2C)cc1F. The fraction of sp³-hybridized carbons (Fsp3) is 0.125. The quantitative estimate of drug-likeness (QED) is 0.491. The van der Waals surface area contributed by atoms with Gasteiger partial charge in [0.25, 0.3) is 0 Å². The molecule has 0 saturated heterocycles. The van der Waals surface area contributed by atoms with E-state index in [1.807, 2.05) is 31.2 Å². The van der Waals surface area contributed by atoms with E-state index < -0.39 is 0 Å². The Kier molecular flexibility index (Phi) is 5.84. The summed E-state index contributed by atoms with van der Waals surface area (Å²) in [5, 5.41) is 6.58. The van der Waals surface area contributed by atoms with Crippen molar-refractivity contribution in [3.63, 3.8) is 0 Å². The molecular weight excluding hydrogens is 331 g/mol. The number of nitrogens with one attached hydrogen (secondary N) is 4. The van der Waals surface area contributed by atoms with Gasteiger partial charge in [0.2, 0.25) is 0 Å². The molecule has 0 fully saturated rings. The summed E-state index contributed by atoms with van der Waals surface area (Å²) in [7, 11) is 0. The van der Waals surface area contributed by atoms with E-state index in [9.17, 15) is 4.39 Å². The molecule has 120 valence electrons. The Morgan fingerprint density at radius 1 is 0.870 bits per heavy atom. The summed E-state index contributed by atoms with van der Waals surface area (Å²) in [4.78, 5) is 0.